The zero-order valence-electron chi connectivity index (χ0n) is 37.4. The van der Waals surface area contributed by atoms with E-state index in [2.05, 4.69) is 15.8 Å². The van der Waals surface area contributed by atoms with Crippen LogP contribution in [0.1, 0.15) is 106 Å². The Kier molecular flexibility index (Phi) is 11.7. The van der Waals surface area contributed by atoms with Gasteiger partial charge in [0, 0.05) is 24.0 Å². The summed E-state index contributed by atoms with van der Waals surface area (Å²) < 4.78 is 77.9. The number of nitrogens with zero attached hydrogens (tertiary/aromatic N) is 6. The molecule has 0 aliphatic carbocycles. The lowest BCUT2D eigenvalue weighted by atomic mass is 9.95. The van der Waals surface area contributed by atoms with Crippen molar-refractivity contribution in [2.75, 3.05) is 37.7 Å². The van der Waals surface area contributed by atoms with E-state index in [0.29, 0.717) is 30.9 Å². The number of aromatic nitrogens is 3. The van der Waals surface area contributed by atoms with Gasteiger partial charge in [0.2, 0.25) is 0 Å². The Morgan fingerprint density at radius 3 is 2.14 bits per heavy atom. The number of fused-ring (bicyclic) bond motifs is 5. The molecule has 2 bridgehead atoms. The highest BCUT2D eigenvalue weighted by atomic mass is 35.5. The van der Waals surface area contributed by atoms with Crippen LogP contribution < -0.4 is 14.2 Å². The first-order chi connectivity index (χ1) is 29.5. The van der Waals surface area contributed by atoms with Gasteiger partial charge in [-0.3, -0.25) is 18.8 Å². The van der Waals surface area contributed by atoms with E-state index in [4.69, 9.17) is 51.0 Å². The van der Waals surface area contributed by atoms with Gasteiger partial charge in [0.25, 0.3) is 0 Å². The quantitative estimate of drug-likeness (QED) is 0.0901. The molecule has 1 amide bonds. The number of benzene rings is 2. The first-order valence-corrected chi connectivity index (χ1v) is 23.4. The second-order valence-electron chi connectivity index (χ2n) is 20.1. The normalized spacial score (nSPS) is 20.4. The number of phosphoric ester groups is 1. The summed E-state index contributed by atoms with van der Waals surface area (Å²) >= 11 is 7.15. The van der Waals surface area contributed by atoms with Crippen LogP contribution in [0.2, 0.25) is 5.15 Å². The molecule has 4 aromatic rings. The molecule has 4 fully saturated rings. The van der Waals surface area contributed by atoms with Crippen LogP contribution in [0.5, 0.6) is 11.8 Å². The standard InChI is InChI=1S/C46H56ClF2N6O7P/c1-11-31-33(48)17-14-27-22-30(60-63(57,61-44(5,6)7)62-45(8,9)10)23-32(34(27)31)37-36(49)38-35(39(47)50-37)40(52-41(51-38)58-26-46-18-12-20-54(46)21-13-19-46)53-24-28-15-16-29(25-53)55(28)42(56)59-43(2,3)4/h1,14,17,22-23,28-29H,12-13,15-16,18-21,24-26H2,2-10H3. The largest absolute Gasteiger partial charge is 0.531 e. The van der Waals surface area contributed by atoms with Gasteiger partial charge in [0.1, 0.15) is 46.0 Å². The molecule has 2 aromatic carbocycles. The van der Waals surface area contributed by atoms with Crippen molar-refractivity contribution >= 4 is 53.0 Å². The number of piperazine rings is 1. The fourth-order valence-corrected chi connectivity index (χ4v) is 11.6. The number of terminal acetylenes is 1. The van der Waals surface area contributed by atoms with Gasteiger partial charge in [-0.25, -0.2) is 23.1 Å². The van der Waals surface area contributed by atoms with Crippen LogP contribution in [0.25, 0.3) is 32.9 Å². The van der Waals surface area contributed by atoms with Crippen molar-refractivity contribution in [1.82, 2.24) is 24.8 Å². The highest BCUT2D eigenvalue weighted by Crippen LogP contribution is 2.56. The van der Waals surface area contributed by atoms with Crippen LogP contribution in [0.4, 0.5) is 19.4 Å². The number of ether oxygens (including phenoxy) is 2. The predicted molar refractivity (Wildman–Crippen MR) is 238 cm³/mol. The zero-order valence-corrected chi connectivity index (χ0v) is 39.1. The summed E-state index contributed by atoms with van der Waals surface area (Å²) in [6.07, 6.45) is 11.0. The van der Waals surface area contributed by atoms with Crippen molar-refractivity contribution in [2.24, 2.45) is 0 Å². The van der Waals surface area contributed by atoms with Crippen LogP contribution in [0.3, 0.4) is 0 Å². The second-order valence-corrected chi connectivity index (χ2v) is 21.9. The first kappa shape index (κ1) is 45.3. The van der Waals surface area contributed by atoms with E-state index in [1.165, 1.54) is 24.3 Å². The minimum atomic E-state index is -4.38. The van der Waals surface area contributed by atoms with Gasteiger partial charge in [0.05, 0.1) is 39.8 Å². The van der Waals surface area contributed by atoms with E-state index in [1.54, 1.807) is 46.4 Å². The molecule has 4 saturated heterocycles. The molecule has 8 rings (SSSR count). The maximum atomic E-state index is 17.8. The zero-order chi connectivity index (χ0) is 45.4. The summed E-state index contributed by atoms with van der Waals surface area (Å²) in [5, 5.41) is 0.461. The number of carbonyl (C=O) groups is 1. The maximum absolute atomic E-state index is 17.8. The summed E-state index contributed by atoms with van der Waals surface area (Å²) in [7, 11) is -4.38. The van der Waals surface area contributed by atoms with Crippen molar-refractivity contribution < 1.29 is 41.2 Å². The monoisotopic (exact) mass is 908 g/mol. The van der Waals surface area contributed by atoms with Crippen LogP contribution in [0, 0.1) is 24.0 Å². The Morgan fingerprint density at radius 2 is 1.56 bits per heavy atom. The number of pyridine rings is 1. The summed E-state index contributed by atoms with van der Waals surface area (Å²) in [5.74, 6) is 1.03. The third-order valence-corrected chi connectivity index (χ3v) is 14.0. The maximum Gasteiger partial charge on any atom is 0.531 e. The molecule has 0 N–H and O–H groups in total. The van der Waals surface area contributed by atoms with Crippen molar-refractivity contribution in [3.8, 4) is 35.4 Å². The van der Waals surface area contributed by atoms with Gasteiger partial charge in [-0.15, -0.1) is 6.42 Å². The molecule has 0 radical (unpaired) electrons. The van der Waals surface area contributed by atoms with E-state index in [9.17, 15) is 9.36 Å². The predicted octanol–water partition coefficient (Wildman–Crippen LogP) is 10.5. The van der Waals surface area contributed by atoms with E-state index in [-0.39, 0.29) is 73.7 Å². The summed E-state index contributed by atoms with van der Waals surface area (Å²) in [5.41, 5.74) is -3.45. The molecule has 17 heteroatoms. The molecule has 4 aliphatic heterocycles. The van der Waals surface area contributed by atoms with Crippen molar-refractivity contribution in [3.05, 3.63) is 46.6 Å². The highest BCUT2D eigenvalue weighted by Gasteiger charge is 2.47. The number of amides is 1. The number of phosphoric acid groups is 1. The number of hydrogen-bond donors (Lipinski definition) is 0. The van der Waals surface area contributed by atoms with Crippen molar-refractivity contribution in [2.45, 2.75) is 135 Å². The molecule has 13 nitrogen and oxygen atoms in total. The van der Waals surface area contributed by atoms with E-state index in [0.717, 1.165) is 51.6 Å². The summed E-state index contributed by atoms with van der Waals surface area (Å²) in [6.45, 7) is 18.7. The van der Waals surface area contributed by atoms with Crippen LogP contribution in [-0.2, 0) is 18.3 Å². The molecular formula is C46H56ClF2N6O7P. The number of rotatable bonds is 9. The van der Waals surface area contributed by atoms with E-state index in [1.807, 2.05) is 25.7 Å². The van der Waals surface area contributed by atoms with Crippen molar-refractivity contribution in [3.63, 3.8) is 0 Å². The number of anilines is 1. The molecule has 63 heavy (non-hydrogen) atoms. The first-order valence-electron chi connectivity index (χ1n) is 21.6. The molecule has 338 valence electrons. The third-order valence-electron chi connectivity index (χ3n) is 11.8. The topological polar surface area (TPSA) is 129 Å². The van der Waals surface area contributed by atoms with E-state index < -0.39 is 36.3 Å². The SMILES string of the molecule is C#Cc1c(F)ccc2cc(OP(=O)(OC(C)(C)C)OC(C)(C)C)cc(-c3nc(Cl)c4c(N5CC6CCC(C5)N6C(=O)OC(C)(C)C)nc(OCC56CCCN5CCC6)nc4c3F)c12. The van der Waals surface area contributed by atoms with Gasteiger partial charge in [-0.1, -0.05) is 23.6 Å². The lowest BCUT2D eigenvalue weighted by molar-refractivity contribution is 0.0120. The Labute approximate surface area is 372 Å². The average Bonchev–Trinajstić information content (AvgIpc) is 3.83. The Bertz CT molecular complexity index is 2530. The number of hydrogen-bond acceptors (Lipinski definition) is 12. The molecule has 0 spiro atoms. The second kappa shape index (κ2) is 16.3. The molecule has 2 aromatic heterocycles. The van der Waals surface area contributed by atoms with Gasteiger partial charge >= 0.3 is 19.9 Å². The van der Waals surface area contributed by atoms with Crippen LogP contribution in [0.15, 0.2) is 24.3 Å². The minimum Gasteiger partial charge on any atom is -0.461 e. The van der Waals surface area contributed by atoms with Gasteiger partial charge < -0.3 is 18.9 Å². The Balaban J connectivity index is 1.28. The molecule has 4 aliphatic rings. The fraction of sp³-hybridized carbons (Fsp3) is 0.565. The lowest BCUT2D eigenvalue weighted by Gasteiger charge is -2.42. The molecular weight excluding hydrogens is 853 g/mol. The summed E-state index contributed by atoms with van der Waals surface area (Å²) in [4.78, 5) is 33.9. The lowest BCUT2D eigenvalue weighted by Crippen LogP contribution is -2.57. The van der Waals surface area contributed by atoms with Crippen LogP contribution >= 0.6 is 19.4 Å². The number of halogens is 3. The molecule has 0 saturated carbocycles. The number of carbonyl (C=O) groups excluding carboxylic acids is 1. The Hall–Kier alpha value is -4.32. The molecule has 2 unspecified atom stereocenters. The van der Waals surface area contributed by atoms with Crippen molar-refractivity contribution in [1.29, 1.82) is 0 Å². The third kappa shape index (κ3) is 9.17. The molecule has 6 heterocycles. The van der Waals surface area contributed by atoms with Gasteiger partial charge in [-0.2, -0.15) is 9.97 Å². The van der Waals surface area contributed by atoms with Crippen LogP contribution in [-0.4, -0.2) is 98.1 Å². The average molecular weight is 909 g/mol. The molecule has 2 atom stereocenters. The minimum absolute atomic E-state index is 0.00703. The summed E-state index contributed by atoms with van der Waals surface area (Å²) in [6, 6.07) is 5.04. The fourth-order valence-electron chi connectivity index (χ4n) is 9.56. The van der Waals surface area contributed by atoms with Gasteiger partial charge in [-0.05, 0) is 138 Å². The van der Waals surface area contributed by atoms with E-state index >= 15 is 8.78 Å². The highest BCUT2D eigenvalue weighted by molar-refractivity contribution is 7.49. The Morgan fingerprint density at radius 1 is 0.921 bits per heavy atom. The van der Waals surface area contributed by atoms with Gasteiger partial charge in [0.15, 0.2) is 5.82 Å². The smallest absolute Gasteiger partial charge is 0.461 e.